The molecule has 1 unspecified atom stereocenters. The van der Waals surface area contributed by atoms with Crippen molar-refractivity contribution in [1.29, 1.82) is 0 Å². The number of rotatable bonds is 3. The van der Waals surface area contributed by atoms with Gasteiger partial charge < -0.3 is 14.7 Å². The van der Waals surface area contributed by atoms with E-state index in [1.807, 2.05) is 53.1 Å². The monoisotopic (exact) mass is 343 g/mol. The molecule has 25 heavy (non-hydrogen) atoms. The predicted molar refractivity (Wildman–Crippen MR) is 99.8 cm³/mol. The lowest BCUT2D eigenvalue weighted by atomic mass is 9.95. The van der Waals surface area contributed by atoms with E-state index >= 15 is 0 Å². The zero-order valence-corrected chi connectivity index (χ0v) is 15.4. The number of hydrogen-bond donors (Lipinski definition) is 0. The normalized spacial score (nSPS) is 21.1. The van der Waals surface area contributed by atoms with Gasteiger partial charge in [0.15, 0.2) is 0 Å². The van der Waals surface area contributed by atoms with E-state index in [0.717, 1.165) is 51.0 Å². The van der Waals surface area contributed by atoms with Crippen molar-refractivity contribution < 1.29 is 9.59 Å². The molecule has 1 aromatic carbocycles. The highest BCUT2D eigenvalue weighted by Gasteiger charge is 2.32. The summed E-state index contributed by atoms with van der Waals surface area (Å²) in [5.74, 6) is 0.256. The van der Waals surface area contributed by atoms with Crippen molar-refractivity contribution in [2.45, 2.75) is 32.1 Å². The highest BCUT2D eigenvalue weighted by Crippen LogP contribution is 2.23. The lowest BCUT2D eigenvalue weighted by Gasteiger charge is -2.36. The largest absolute Gasteiger partial charge is 0.378 e. The van der Waals surface area contributed by atoms with Gasteiger partial charge in [-0.15, -0.1) is 0 Å². The van der Waals surface area contributed by atoms with Gasteiger partial charge in [0.2, 0.25) is 5.91 Å². The molecule has 0 aliphatic carbocycles. The van der Waals surface area contributed by atoms with E-state index < -0.39 is 0 Å². The molecule has 0 bridgehead atoms. The van der Waals surface area contributed by atoms with Gasteiger partial charge in [-0.2, -0.15) is 0 Å². The number of hydrogen-bond acceptors (Lipinski definition) is 3. The van der Waals surface area contributed by atoms with Crippen molar-refractivity contribution in [2.75, 3.05) is 45.2 Å². The van der Waals surface area contributed by atoms with Crippen molar-refractivity contribution in [2.24, 2.45) is 5.92 Å². The second kappa shape index (κ2) is 7.89. The van der Waals surface area contributed by atoms with E-state index in [4.69, 9.17) is 0 Å². The molecule has 2 saturated heterocycles. The first kappa shape index (κ1) is 17.8. The molecule has 0 saturated carbocycles. The number of anilines is 1. The first-order valence-corrected chi connectivity index (χ1v) is 9.41. The van der Waals surface area contributed by atoms with Crippen molar-refractivity contribution >= 4 is 17.5 Å². The second-order valence-electron chi connectivity index (χ2n) is 7.42. The van der Waals surface area contributed by atoms with Crippen LogP contribution >= 0.6 is 0 Å². The Labute approximate surface area is 150 Å². The molecule has 0 N–H and O–H groups in total. The molecule has 0 radical (unpaired) electrons. The lowest BCUT2D eigenvalue weighted by molar-refractivity contribution is -0.137. The van der Waals surface area contributed by atoms with Crippen LogP contribution in [0.15, 0.2) is 24.3 Å². The molecular formula is C20H29N3O2. The van der Waals surface area contributed by atoms with Crippen molar-refractivity contribution in [3.05, 3.63) is 29.8 Å². The summed E-state index contributed by atoms with van der Waals surface area (Å²) in [6.07, 6.45) is 5.25. The Morgan fingerprint density at radius 2 is 1.72 bits per heavy atom. The van der Waals surface area contributed by atoms with Crippen LogP contribution in [0.3, 0.4) is 0 Å². The van der Waals surface area contributed by atoms with Gasteiger partial charge in [0.25, 0.3) is 5.91 Å². The van der Waals surface area contributed by atoms with Crippen LogP contribution in [0.4, 0.5) is 5.69 Å². The summed E-state index contributed by atoms with van der Waals surface area (Å²) in [6.45, 7) is 3.07. The third kappa shape index (κ3) is 4.14. The highest BCUT2D eigenvalue weighted by molar-refractivity contribution is 5.95. The summed E-state index contributed by atoms with van der Waals surface area (Å²) in [4.78, 5) is 31.6. The Morgan fingerprint density at radius 1 is 1.00 bits per heavy atom. The molecule has 2 aliphatic heterocycles. The summed E-state index contributed by atoms with van der Waals surface area (Å²) < 4.78 is 0. The van der Waals surface area contributed by atoms with Crippen LogP contribution < -0.4 is 4.90 Å². The van der Waals surface area contributed by atoms with Crippen LogP contribution in [0.5, 0.6) is 0 Å². The first-order valence-electron chi connectivity index (χ1n) is 9.41. The fraction of sp³-hybridized carbons (Fsp3) is 0.600. The summed E-state index contributed by atoms with van der Waals surface area (Å²) >= 11 is 0. The third-order valence-electron chi connectivity index (χ3n) is 5.34. The molecular weight excluding hydrogens is 314 g/mol. The van der Waals surface area contributed by atoms with Crippen LogP contribution in [-0.4, -0.2) is 61.9 Å². The molecule has 1 aromatic rings. The average Bonchev–Trinajstić information content (AvgIpc) is 2.67. The number of carbonyl (C=O) groups excluding carboxylic acids is 2. The molecule has 0 spiro atoms. The SMILES string of the molecule is CN(C)c1cccc(C(=O)N2CCCC(C(=O)N3CCCCC3)C2)c1. The first-order chi connectivity index (χ1) is 12.1. The summed E-state index contributed by atoms with van der Waals surface area (Å²) in [5.41, 5.74) is 1.72. The van der Waals surface area contributed by atoms with Crippen LogP contribution in [0.2, 0.25) is 0 Å². The fourth-order valence-corrected chi connectivity index (χ4v) is 3.84. The van der Waals surface area contributed by atoms with E-state index in [9.17, 15) is 9.59 Å². The van der Waals surface area contributed by atoms with Gasteiger partial charge in [-0.3, -0.25) is 9.59 Å². The Bertz CT molecular complexity index is 623. The van der Waals surface area contributed by atoms with E-state index in [2.05, 4.69) is 0 Å². The second-order valence-corrected chi connectivity index (χ2v) is 7.42. The number of carbonyl (C=O) groups is 2. The van der Waals surface area contributed by atoms with Gasteiger partial charge in [-0.25, -0.2) is 0 Å². The minimum atomic E-state index is -0.0344. The maximum absolute atomic E-state index is 12.9. The number of likely N-dealkylation sites (tertiary alicyclic amines) is 2. The van der Waals surface area contributed by atoms with Gasteiger partial charge in [-0.1, -0.05) is 6.07 Å². The van der Waals surface area contributed by atoms with Crippen molar-refractivity contribution in [3.63, 3.8) is 0 Å². The van der Waals surface area contributed by atoms with Gasteiger partial charge >= 0.3 is 0 Å². The minimum absolute atomic E-state index is 0.0344. The van der Waals surface area contributed by atoms with E-state index in [1.165, 1.54) is 6.42 Å². The summed E-state index contributed by atoms with van der Waals surface area (Å²) in [5, 5.41) is 0. The smallest absolute Gasteiger partial charge is 0.253 e. The van der Waals surface area contributed by atoms with Gasteiger partial charge in [-0.05, 0) is 50.3 Å². The highest BCUT2D eigenvalue weighted by atomic mass is 16.2. The zero-order valence-electron chi connectivity index (χ0n) is 15.4. The van der Waals surface area contributed by atoms with Crippen LogP contribution in [0, 0.1) is 5.92 Å². The molecule has 3 rings (SSSR count). The van der Waals surface area contributed by atoms with Crippen molar-refractivity contribution in [3.8, 4) is 0 Å². The third-order valence-corrected chi connectivity index (χ3v) is 5.34. The van der Waals surface area contributed by atoms with Crippen LogP contribution in [0.1, 0.15) is 42.5 Å². The van der Waals surface area contributed by atoms with Gasteiger partial charge in [0.1, 0.15) is 0 Å². The number of nitrogens with zero attached hydrogens (tertiary/aromatic N) is 3. The lowest BCUT2D eigenvalue weighted by Crippen LogP contribution is -2.47. The zero-order chi connectivity index (χ0) is 17.8. The maximum Gasteiger partial charge on any atom is 0.253 e. The molecule has 5 heteroatoms. The number of amides is 2. The fourth-order valence-electron chi connectivity index (χ4n) is 3.84. The number of benzene rings is 1. The number of piperidine rings is 2. The van der Waals surface area contributed by atoms with Gasteiger partial charge in [0, 0.05) is 51.5 Å². The molecule has 2 aliphatic rings. The van der Waals surface area contributed by atoms with E-state index in [0.29, 0.717) is 12.1 Å². The molecule has 2 heterocycles. The summed E-state index contributed by atoms with van der Waals surface area (Å²) in [7, 11) is 3.94. The quantitative estimate of drug-likeness (QED) is 0.847. The Kier molecular flexibility index (Phi) is 5.61. The Morgan fingerprint density at radius 3 is 2.44 bits per heavy atom. The Balaban J connectivity index is 1.67. The van der Waals surface area contributed by atoms with Crippen molar-refractivity contribution in [1.82, 2.24) is 9.80 Å². The molecule has 136 valence electrons. The topological polar surface area (TPSA) is 43.9 Å². The molecule has 0 aromatic heterocycles. The summed E-state index contributed by atoms with van der Waals surface area (Å²) in [6, 6.07) is 7.71. The minimum Gasteiger partial charge on any atom is -0.378 e. The Hall–Kier alpha value is -2.04. The average molecular weight is 343 g/mol. The van der Waals surface area contributed by atoms with Crippen LogP contribution in [0.25, 0.3) is 0 Å². The molecule has 2 amide bonds. The maximum atomic E-state index is 12.9. The standard InChI is InChI=1S/C20H29N3O2/c1-21(2)18-10-6-8-16(14-18)19(24)23-13-7-9-17(15-23)20(25)22-11-4-3-5-12-22/h6,8,10,14,17H,3-5,7,9,11-13,15H2,1-2H3. The molecule has 1 atom stereocenters. The van der Waals surface area contributed by atoms with Crippen LogP contribution in [-0.2, 0) is 4.79 Å². The molecule has 5 nitrogen and oxygen atoms in total. The van der Waals surface area contributed by atoms with E-state index in [1.54, 1.807) is 0 Å². The van der Waals surface area contributed by atoms with Gasteiger partial charge in [0.05, 0.1) is 5.92 Å². The molecule has 2 fully saturated rings. The predicted octanol–water partition coefficient (Wildman–Crippen LogP) is 2.62. The van der Waals surface area contributed by atoms with E-state index in [-0.39, 0.29) is 17.7 Å².